The van der Waals surface area contributed by atoms with Gasteiger partial charge < -0.3 is 15.2 Å². The Labute approximate surface area is 141 Å². The number of hydrogen-bond donors (Lipinski definition) is 2. The summed E-state index contributed by atoms with van der Waals surface area (Å²) in [4.78, 5) is 30.7. The monoisotopic (exact) mass is 328 g/mol. The number of anilines is 1. The first-order valence-corrected chi connectivity index (χ1v) is 8.24. The normalized spacial score (nSPS) is 13.7. The summed E-state index contributed by atoms with van der Waals surface area (Å²) in [5.41, 5.74) is 2.70. The van der Waals surface area contributed by atoms with Crippen LogP contribution in [0.5, 0.6) is 0 Å². The zero-order valence-electron chi connectivity index (χ0n) is 14.7. The van der Waals surface area contributed by atoms with Gasteiger partial charge in [0.05, 0.1) is 12.9 Å². The number of carbonyl (C=O) groups excluding carboxylic acids is 1. The molecule has 24 heavy (non-hydrogen) atoms. The molecule has 0 unspecified atom stereocenters. The van der Waals surface area contributed by atoms with Crippen molar-refractivity contribution >= 4 is 11.7 Å². The number of nitrogens with one attached hydrogen (secondary N) is 2. The summed E-state index contributed by atoms with van der Waals surface area (Å²) in [5, 5.41) is 2.99. The van der Waals surface area contributed by atoms with Gasteiger partial charge in [-0.2, -0.15) is 0 Å². The second kappa shape index (κ2) is 6.22. The topological polar surface area (TPSA) is 86.8 Å². The predicted molar refractivity (Wildman–Crippen MR) is 92.8 cm³/mol. The Hall–Kier alpha value is -2.44. The number of aromatic nitrogens is 4. The molecule has 128 valence electrons. The number of hydrogen-bond acceptors (Lipinski definition) is 5. The van der Waals surface area contributed by atoms with Crippen molar-refractivity contribution in [3.8, 4) is 11.5 Å². The van der Waals surface area contributed by atoms with E-state index in [0.29, 0.717) is 5.82 Å². The van der Waals surface area contributed by atoms with Crippen LogP contribution in [0.2, 0.25) is 0 Å². The molecule has 2 aromatic rings. The highest BCUT2D eigenvalue weighted by atomic mass is 16.2. The van der Waals surface area contributed by atoms with Crippen molar-refractivity contribution in [3.05, 3.63) is 23.8 Å². The maximum Gasteiger partial charge on any atom is 0.239 e. The van der Waals surface area contributed by atoms with Crippen LogP contribution in [-0.4, -0.2) is 45.0 Å². The number of fused-ring (bicyclic) bond motifs is 1. The molecule has 0 aromatic carbocycles. The minimum absolute atomic E-state index is 0.0170. The Morgan fingerprint density at radius 2 is 2.12 bits per heavy atom. The maximum atomic E-state index is 12.2. The van der Waals surface area contributed by atoms with Gasteiger partial charge in [-0.25, -0.2) is 15.0 Å². The van der Waals surface area contributed by atoms with Gasteiger partial charge >= 0.3 is 0 Å². The zero-order chi connectivity index (χ0) is 17.3. The Morgan fingerprint density at radius 3 is 2.79 bits per heavy atom. The van der Waals surface area contributed by atoms with Crippen LogP contribution >= 0.6 is 0 Å². The summed E-state index contributed by atoms with van der Waals surface area (Å²) in [5.74, 6) is 1.42. The van der Waals surface area contributed by atoms with Crippen molar-refractivity contribution in [2.45, 2.75) is 45.6 Å². The molecule has 2 aromatic heterocycles. The molecule has 7 heteroatoms. The van der Waals surface area contributed by atoms with Crippen LogP contribution in [0.15, 0.2) is 12.5 Å². The largest absolute Gasteiger partial charge is 0.350 e. The average molecular weight is 328 g/mol. The van der Waals surface area contributed by atoms with Crippen molar-refractivity contribution < 1.29 is 4.79 Å². The van der Waals surface area contributed by atoms with E-state index in [1.54, 1.807) is 12.5 Å². The first-order chi connectivity index (χ1) is 11.3. The standard InChI is InChI=1S/C17H24N6O/c1-17(2,3)22-14(24)9-23(4)16-11-6-5-7-12(11)20-15(21-16)13-8-18-10-19-13/h8,10H,5-7,9H2,1-4H3,(H,18,19)(H,22,24). The first-order valence-electron chi connectivity index (χ1n) is 8.24. The highest BCUT2D eigenvalue weighted by molar-refractivity contribution is 5.82. The number of carbonyl (C=O) groups is 1. The number of aromatic amines is 1. The molecule has 0 bridgehead atoms. The Kier molecular flexibility index (Phi) is 4.26. The van der Waals surface area contributed by atoms with E-state index in [2.05, 4.69) is 25.3 Å². The molecule has 2 N–H and O–H groups in total. The van der Waals surface area contributed by atoms with Gasteiger partial charge in [-0.3, -0.25) is 4.79 Å². The molecule has 0 spiro atoms. The molecule has 3 rings (SSSR count). The number of likely N-dealkylation sites (N-methyl/N-ethyl adjacent to an activating group) is 1. The lowest BCUT2D eigenvalue weighted by molar-refractivity contribution is -0.121. The minimum atomic E-state index is -0.244. The van der Waals surface area contributed by atoms with Crippen molar-refractivity contribution in [2.75, 3.05) is 18.5 Å². The van der Waals surface area contributed by atoms with Crippen molar-refractivity contribution in [2.24, 2.45) is 0 Å². The lowest BCUT2D eigenvalue weighted by Crippen LogP contribution is -2.45. The lowest BCUT2D eigenvalue weighted by atomic mass is 10.1. The minimum Gasteiger partial charge on any atom is -0.350 e. The summed E-state index contributed by atoms with van der Waals surface area (Å²) < 4.78 is 0. The van der Waals surface area contributed by atoms with E-state index in [1.807, 2.05) is 32.7 Å². The highest BCUT2D eigenvalue weighted by Gasteiger charge is 2.24. The zero-order valence-corrected chi connectivity index (χ0v) is 14.7. The van der Waals surface area contributed by atoms with Gasteiger partial charge in [0.1, 0.15) is 11.5 Å². The Bertz CT molecular complexity index is 732. The third kappa shape index (κ3) is 3.55. The smallest absolute Gasteiger partial charge is 0.239 e. The van der Waals surface area contributed by atoms with Crippen LogP contribution in [0.25, 0.3) is 11.5 Å². The van der Waals surface area contributed by atoms with Crippen LogP contribution in [0.1, 0.15) is 38.4 Å². The van der Waals surface area contributed by atoms with E-state index in [-0.39, 0.29) is 18.0 Å². The average Bonchev–Trinajstić information content (AvgIpc) is 3.15. The highest BCUT2D eigenvalue weighted by Crippen LogP contribution is 2.30. The van der Waals surface area contributed by atoms with Crippen molar-refractivity contribution in [1.29, 1.82) is 0 Å². The summed E-state index contributed by atoms with van der Waals surface area (Å²) in [6.07, 6.45) is 6.38. The molecule has 0 radical (unpaired) electrons. The lowest BCUT2D eigenvalue weighted by Gasteiger charge is -2.25. The van der Waals surface area contributed by atoms with E-state index in [9.17, 15) is 4.79 Å². The molecule has 0 saturated carbocycles. The van der Waals surface area contributed by atoms with Gasteiger partial charge in [-0.05, 0) is 40.0 Å². The molecule has 0 aliphatic heterocycles. The molecule has 1 aliphatic rings. The Morgan fingerprint density at radius 1 is 1.33 bits per heavy atom. The fourth-order valence-electron chi connectivity index (χ4n) is 2.97. The van der Waals surface area contributed by atoms with E-state index in [0.717, 1.165) is 42.0 Å². The van der Waals surface area contributed by atoms with Gasteiger partial charge in [0.15, 0.2) is 5.82 Å². The van der Waals surface area contributed by atoms with Gasteiger partial charge in [0, 0.05) is 30.0 Å². The van der Waals surface area contributed by atoms with Crippen LogP contribution < -0.4 is 10.2 Å². The number of H-pyrrole nitrogens is 1. The molecule has 1 aliphatic carbocycles. The summed E-state index contributed by atoms with van der Waals surface area (Å²) >= 11 is 0. The van der Waals surface area contributed by atoms with Gasteiger partial charge in [0.25, 0.3) is 0 Å². The molecule has 0 atom stereocenters. The number of aryl methyl sites for hydroxylation is 1. The fourth-order valence-corrected chi connectivity index (χ4v) is 2.97. The van der Waals surface area contributed by atoms with Crippen LogP contribution in [0, 0.1) is 0 Å². The molecule has 7 nitrogen and oxygen atoms in total. The SMILES string of the molecule is CN(CC(=O)NC(C)(C)C)c1nc(-c2c[nH]cn2)nc2c1CCC2. The Balaban J connectivity index is 1.88. The molecular weight excluding hydrogens is 304 g/mol. The second-order valence-electron chi connectivity index (χ2n) is 7.26. The molecule has 1 amide bonds. The maximum absolute atomic E-state index is 12.2. The molecule has 0 fully saturated rings. The number of imidazole rings is 1. The van der Waals surface area contributed by atoms with E-state index in [4.69, 9.17) is 0 Å². The summed E-state index contributed by atoms with van der Waals surface area (Å²) in [7, 11) is 1.90. The molecule has 2 heterocycles. The van der Waals surface area contributed by atoms with Gasteiger partial charge in [-0.1, -0.05) is 0 Å². The third-order valence-corrected chi connectivity index (χ3v) is 3.90. The second-order valence-corrected chi connectivity index (χ2v) is 7.26. The summed E-state index contributed by atoms with van der Waals surface area (Å²) in [6, 6.07) is 0. The number of rotatable bonds is 4. The number of amides is 1. The first kappa shape index (κ1) is 16.4. The number of nitrogens with zero attached hydrogens (tertiary/aromatic N) is 4. The quantitative estimate of drug-likeness (QED) is 0.892. The van der Waals surface area contributed by atoms with E-state index in [1.165, 1.54) is 0 Å². The fraction of sp³-hybridized carbons (Fsp3) is 0.529. The molecule has 0 saturated heterocycles. The van der Waals surface area contributed by atoms with Crippen molar-refractivity contribution in [3.63, 3.8) is 0 Å². The van der Waals surface area contributed by atoms with Crippen LogP contribution in [0.4, 0.5) is 5.82 Å². The molecular formula is C17H24N6O. The third-order valence-electron chi connectivity index (χ3n) is 3.90. The van der Waals surface area contributed by atoms with Gasteiger partial charge in [-0.15, -0.1) is 0 Å². The van der Waals surface area contributed by atoms with Gasteiger partial charge in [0.2, 0.25) is 5.91 Å². The van der Waals surface area contributed by atoms with Crippen LogP contribution in [0.3, 0.4) is 0 Å². The van der Waals surface area contributed by atoms with E-state index < -0.39 is 0 Å². The summed E-state index contributed by atoms with van der Waals surface area (Å²) in [6.45, 7) is 6.19. The van der Waals surface area contributed by atoms with Crippen molar-refractivity contribution in [1.82, 2.24) is 25.3 Å². The predicted octanol–water partition coefficient (Wildman–Crippen LogP) is 1.71. The van der Waals surface area contributed by atoms with E-state index >= 15 is 0 Å². The van der Waals surface area contributed by atoms with Crippen LogP contribution in [-0.2, 0) is 17.6 Å².